The van der Waals surface area contributed by atoms with Gasteiger partial charge in [0, 0.05) is 22.8 Å². The molecule has 0 atom stereocenters. The molecule has 2 aromatic rings. The molecule has 0 spiro atoms. The van der Waals surface area contributed by atoms with Crippen LogP contribution < -0.4 is 15.9 Å². The van der Waals surface area contributed by atoms with Gasteiger partial charge in [0.25, 0.3) is 0 Å². The van der Waals surface area contributed by atoms with Gasteiger partial charge < -0.3 is 11.1 Å². The van der Waals surface area contributed by atoms with Gasteiger partial charge in [-0.05, 0) is 24.3 Å². The van der Waals surface area contributed by atoms with E-state index in [9.17, 15) is 9.59 Å². The molecule has 19 heavy (non-hydrogen) atoms. The highest BCUT2D eigenvalue weighted by Gasteiger charge is 2.05. The van der Waals surface area contributed by atoms with Crippen LogP contribution in [-0.4, -0.2) is 15.5 Å². The fourth-order valence-corrected chi connectivity index (χ4v) is 2.20. The van der Waals surface area contributed by atoms with Crippen LogP contribution in [0.25, 0.3) is 0 Å². The summed E-state index contributed by atoms with van der Waals surface area (Å²) in [5.41, 5.74) is 6.85. The van der Waals surface area contributed by atoms with Gasteiger partial charge in [0.1, 0.15) is 11.5 Å². The molecule has 0 aliphatic carbocycles. The number of hydrogen-bond donors (Lipinski definition) is 2. The Kier molecular flexibility index (Phi) is 4.08. The maximum Gasteiger partial charge on any atom is 0.307 e. The summed E-state index contributed by atoms with van der Waals surface area (Å²) in [6, 6.07) is 6.88. The lowest BCUT2D eigenvalue weighted by molar-refractivity contribution is -0.116. The Bertz CT molecular complexity index is 658. The van der Waals surface area contributed by atoms with Crippen LogP contribution in [0.4, 0.5) is 5.69 Å². The molecule has 2 rings (SSSR count). The molecule has 0 aliphatic rings. The number of thiazole rings is 1. The van der Waals surface area contributed by atoms with E-state index >= 15 is 0 Å². The number of nitrogens with zero attached hydrogens (tertiary/aromatic N) is 1. The van der Waals surface area contributed by atoms with E-state index in [1.807, 2.05) is 0 Å². The monoisotopic (exact) mass is 293 g/mol. The highest BCUT2D eigenvalue weighted by atomic mass is 32.1. The molecule has 1 aromatic heterocycles. The molecule has 1 aromatic carbocycles. The zero-order valence-corrected chi connectivity index (χ0v) is 11.5. The maximum atomic E-state index is 11.7. The molecule has 0 radical (unpaired) electrons. The van der Waals surface area contributed by atoms with Crippen LogP contribution in [0.5, 0.6) is 0 Å². The standard InChI is InChI=1S/C12H11N3O2S2/c13-11(18)8-1-3-9(4-2-8)14-10(16)7-15-5-6-19-12(15)17/h1-6H,7H2,(H2,13,18)(H,14,16). The van der Waals surface area contributed by atoms with E-state index in [4.69, 9.17) is 18.0 Å². The summed E-state index contributed by atoms with van der Waals surface area (Å²) in [7, 11) is 0. The van der Waals surface area contributed by atoms with E-state index in [1.54, 1.807) is 35.8 Å². The number of nitrogens with two attached hydrogens (primary N) is 1. The van der Waals surface area contributed by atoms with Crippen molar-refractivity contribution in [2.45, 2.75) is 6.54 Å². The van der Waals surface area contributed by atoms with Gasteiger partial charge in [-0.1, -0.05) is 23.6 Å². The third kappa shape index (κ3) is 3.49. The smallest absolute Gasteiger partial charge is 0.307 e. The molecule has 0 fully saturated rings. The molecule has 0 unspecified atom stereocenters. The topological polar surface area (TPSA) is 77.1 Å². The molecule has 3 N–H and O–H groups in total. The first-order valence-electron chi connectivity index (χ1n) is 5.40. The second-order valence-electron chi connectivity index (χ2n) is 3.79. The van der Waals surface area contributed by atoms with E-state index in [0.29, 0.717) is 10.7 Å². The quantitative estimate of drug-likeness (QED) is 0.830. The Labute approximate surface area is 118 Å². The number of benzene rings is 1. The average molecular weight is 293 g/mol. The highest BCUT2D eigenvalue weighted by molar-refractivity contribution is 7.80. The van der Waals surface area contributed by atoms with Gasteiger partial charge >= 0.3 is 4.87 Å². The van der Waals surface area contributed by atoms with Crippen LogP contribution in [0.2, 0.25) is 0 Å². The van der Waals surface area contributed by atoms with Crippen molar-refractivity contribution in [3.63, 3.8) is 0 Å². The van der Waals surface area contributed by atoms with E-state index in [0.717, 1.165) is 16.9 Å². The normalized spacial score (nSPS) is 10.1. The van der Waals surface area contributed by atoms with Crippen molar-refractivity contribution in [2.24, 2.45) is 5.73 Å². The van der Waals surface area contributed by atoms with Crippen molar-refractivity contribution < 1.29 is 4.79 Å². The Morgan fingerprint density at radius 3 is 2.58 bits per heavy atom. The highest BCUT2D eigenvalue weighted by Crippen LogP contribution is 2.09. The number of amides is 1. The molecule has 0 saturated heterocycles. The van der Waals surface area contributed by atoms with Gasteiger partial charge in [-0.2, -0.15) is 0 Å². The lowest BCUT2D eigenvalue weighted by Crippen LogP contribution is -2.23. The first-order chi connectivity index (χ1) is 9.06. The van der Waals surface area contributed by atoms with Crippen molar-refractivity contribution in [1.29, 1.82) is 0 Å². The number of anilines is 1. The van der Waals surface area contributed by atoms with Gasteiger partial charge in [0.05, 0.1) is 0 Å². The minimum Gasteiger partial charge on any atom is -0.389 e. The maximum absolute atomic E-state index is 11.7. The number of thiocarbonyl (C=S) groups is 1. The third-order valence-electron chi connectivity index (χ3n) is 2.41. The molecule has 1 amide bonds. The summed E-state index contributed by atoms with van der Waals surface area (Å²) < 4.78 is 1.35. The molecule has 0 saturated carbocycles. The molecule has 5 nitrogen and oxygen atoms in total. The predicted octanol–water partition coefficient (Wildman–Crippen LogP) is 1.18. The molecule has 0 aliphatic heterocycles. The second kappa shape index (κ2) is 5.77. The van der Waals surface area contributed by atoms with E-state index < -0.39 is 0 Å². The molecule has 98 valence electrons. The number of rotatable bonds is 4. The first-order valence-corrected chi connectivity index (χ1v) is 6.69. The Balaban J connectivity index is 2.01. The second-order valence-corrected chi connectivity index (χ2v) is 5.08. The Morgan fingerprint density at radius 1 is 1.37 bits per heavy atom. The lowest BCUT2D eigenvalue weighted by atomic mass is 10.2. The minimum atomic E-state index is -0.261. The largest absolute Gasteiger partial charge is 0.389 e. The minimum absolute atomic E-state index is 0.000609. The fraction of sp³-hybridized carbons (Fsp3) is 0.0833. The summed E-state index contributed by atoms with van der Waals surface area (Å²) in [6.07, 6.45) is 1.59. The number of carbonyl (C=O) groups is 1. The van der Waals surface area contributed by atoms with Crippen LogP contribution in [0.3, 0.4) is 0 Å². The summed E-state index contributed by atoms with van der Waals surface area (Å²) in [6.45, 7) is -0.000609. The molecule has 0 bridgehead atoms. The lowest BCUT2D eigenvalue weighted by Gasteiger charge is -2.06. The number of nitrogens with one attached hydrogen (secondary N) is 1. The molecular weight excluding hydrogens is 282 g/mol. The number of carbonyl (C=O) groups excluding carboxylic acids is 1. The van der Waals surface area contributed by atoms with Crippen molar-refractivity contribution in [3.8, 4) is 0 Å². The van der Waals surface area contributed by atoms with Crippen molar-refractivity contribution in [3.05, 3.63) is 51.1 Å². The van der Waals surface area contributed by atoms with Crippen LogP contribution in [0, 0.1) is 0 Å². The van der Waals surface area contributed by atoms with Gasteiger partial charge in [-0.3, -0.25) is 14.2 Å². The average Bonchev–Trinajstić information content (AvgIpc) is 2.75. The van der Waals surface area contributed by atoms with Gasteiger partial charge in [-0.25, -0.2) is 0 Å². The van der Waals surface area contributed by atoms with E-state index in [1.165, 1.54) is 4.57 Å². The van der Waals surface area contributed by atoms with Crippen molar-refractivity contribution >= 4 is 40.1 Å². The number of aromatic nitrogens is 1. The molecule has 7 heteroatoms. The molecular formula is C12H11N3O2S2. The van der Waals surface area contributed by atoms with E-state index in [2.05, 4.69) is 5.32 Å². The van der Waals surface area contributed by atoms with Crippen LogP contribution in [-0.2, 0) is 11.3 Å². The van der Waals surface area contributed by atoms with Crippen LogP contribution >= 0.6 is 23.6 Å². The summed E-state index contributed by atoms with van der Waals surface area (Å²) in [5, 5.41) is 4.34. The predicted molar refractivity (Wildman–Crippen MR) is 79.5 cm³/mol. The molecule has 1 heterocycles. The van der Waals surface area contributed by atoms with E-state index in [-0.39, 0.29) is 17.3 Å². The summed E-state index contributed by atoms with van der Waals surface area (Å²) in [4.78, 5) is 23.2. The zero-order chi connectivity index (χ0) is 13.8. The first kappa shape index (κ1) is 13.4. The van der Waals surface area contributed by atoms with Gasteiger partial charge in [-0.15, -0.1) is 0 Å². The van der Waals surface area contributed by atoms with Gasteiger partial charge in [0.2, 0.25) is 5.91 Å². The van der Waals surface area contributed by atoms with Gasteiger partial charge in [0.15, 0.2) is 0 Å². The number of hydrogen-bond acceptors (Lipinski definition) is 4. The van der Waals surface area contributed by atoms with Crippen LogP contribution in [0.15, 0.2) is 40.6 Å². The zero-order valence-electron chi connectivity index (χ0n) is 9.83. The Hall–Kier alpha value is -1.99. The SMILES string of the molecule is NC(=S)c1ccc(NC(=O)Cn2ccsc2=O)cc1. The Morgan fingerprint density at radius 2 is 2.05 bits per heavy atom. The van der Waals surface area contributed by atoms with Crippen molar-refractivity contribution in [1.82, 2.24) is 4.57 Å². The summed E-state index contributed by atoms with van der Waals surface area (Å²) >= 11 is 5.89. The fourth-order valence-electron chi connectivity index (χ4n) is 1.48. The third-order valence-corrected chi connectivity index (χ3v) is 3.34. The summed E-state index contributed by atoms with van der Waals surface area (Å²) in [5.74, 6) is -0.261. The van der Waals surface area contributed by atoms with Crippen LogP contribution in [0.1, 0.15) is 5.56 Å². The van der Waals surface area contributed by atoms with Crippen molar-refractivity contribution in [2.75, 3.05) is 5.32 Å².